The van der Waals surface area contributed by atoms with Gasteiger partial charge in [0.05, 0.1) is 0 Å². The molecular weight excluding hydrogens is 679 g/mol. The third kappa shape index (κ3) is 8.18. The maximum Gasteiger partial charge on any atom is -0.153 e. The van der Waals surface area contributed by atoms with Crippen LogP contribution < -0.4 is 13.8 Å². The fourth-order valence-electron chi connectivity index (χ4n) is 7.87. The van der Waals surface area contributed by atoms with E-state index in [1.807, 2.05) is 0 Å². The van der Waals surface area contributed by atoms with Gasteiger partial charge < -0.3 is 0 Å². The van der Waals surface area contributed by atoms with Gasteiger partial charge in [-0.3, -0.25) is 0 Å². The van der Waals surface area contributed by atoms with E-state index in [9.17, 15) is 0 Å². The Hall–Kier alpha value is -0.998. The molecule has 3 aromatic carbocycles. The molecule has 2 aliphatic carbocycles. The molecule has 0 amide bonds. The molecule has 2 fully saturated rings. The van der Waals surface area contributed by atoms with Crippen LogP contribution in [0.1, 0.15) is 169 Å². The van der Waals surface area contributed by atoms with Crippen LogP contribution in [0.2, 0.25) is 0 Å². The Labute approximate surface area is 288 Å². The summed E-state index contributed by atoms with van der Waals surface area (Å²) >= 11 is -1.77. The molecule has 4 heteroatoms. The minimum absolute atomic E-state index is 0. The third-order valence-electron chi connectivity index (χ3n) is 10.3. The van der Waals surface area contributed by atoms with Gasteiger partial charge >= 0.3 is 280 Å². The van der Waals surface area contributed by atoms with E-state index in [0.717, 1.165) is 6.42 Å². The quantitative estimate of drug-likeness (QED) is 0.163. The first-order valence-corrected chi connectivity index (χ1v) is 21.2. The maximum absolute atomic E-state index is 7.90. The summed E-state index contributed by atoms with van der Waals surface area (Å²) in [6, 6.07) is 19.1. The van der Waals surface area contributed by atoms with Gasteiger partial charge in [-0.15, -0.1) is 0 Å². The molecule has 2 N–H and O–H groups in total. The molecule has 0 spiro atoms. The smallest absolute Gasteiger partial charge is 0.153 e. The van der Waals surface area contributed by atoms with E-state index in [4.69, 9.17) is 15.3 Å². The number of hydrogen-bond acceptors (Lipinski definition) is 1. The molecule has 2 saturated carbocycles. The molecule has 251 valence electrons. The molecule has 45 heavy (non-hydrogen) atoms. The molecule has 0 heterocycles. The Morgan fingerprint density at radius 2 is 1.24 bits per heavy atom. The normalized spacial score (nSPS) is 16.8. The van der Waals surface area contributed by atoms with E-state index in [2.05, 4.69) is 90.1 Å². The van der Waals surface area contributed by atoms with Crippen molar-refractivity contribution < 1.29 is 15.7 Å². The van der Waals surface area contributed by atoms with Gasteiger partial charge in [-0.2, -0.15) is 9.90 Å². The van der Waals surface area contributed by atoms with Crippen LogP contribution in [-0.4, -0.2) is 6.54 Å². The maximum atomic E-state index is 7.90. The van der Waals surface area contributed by atoms with Crippen LogP contribution >= 0.6 is 19.4 Å². The summed E-state index contributed by atoms with van der Waals surface area (Å²) in [5.41, 5.74) is 18.4. The van der Waals surface area contributed by atoms with Crippen molar-refractivity contribution in [1.29, 1.82) is 0 Å². The molecule has 5 rings (SSSR count). The van der Waals surface area contributed by atoms with E-state index in [0.29, 0.717) is 36.1 Å². The molecule has 1 atom stereocenters. The van der Waals surface area contributed by atoms with Crippen molar-refractivity contribution in [2.75, 3.05) is 6.54 Å². The SMILES string of the molecule is CC(C)c1cc(C(C)C)c(-c2[c]([Pd]([Cl])[c]3ccccc3CCN)ccc(C3CCCCC3)c2C2CCCCC2)c(C(C)C)c1.P. The van der Waals surface area contributed by atoms with Crippen LogP contribution in [-0.2, 0) is 22.2 Å². The Kier molecular flexibility index (Phi) is 13.8. The van der Waals surface area contributed by atoms with Gasteiger partial charge in [0.15, 0.2) is 0 Å². The number of nitrogens with two attached hydrogens (primary N) is 1. The summed E-state index contributed by atoms with van der Waals surface area (Å²) in [6.45, 7) is 15.0. The van der Waals surface area contributed by atoms with Crippen LogP contribution in [0.15, 0.2) is 48.5 Å². The fourth-order valence-corrected chi connectivity index (χ4v) is 11.8. The van der Waals surface area contributed by atoms with Gasteiger partial charge in [0.25, 0.3) is 0 Å². The number of rotatable bonds is 10. The summed E-state index contributed by atoms with van der Waals surface area (Å²) in [4.78, 5) is 0. The van der Waals surface area contributed by atoms with Crippen molar-refractivity contribution in [3.05, 3.63) is 81.9 Å². The van der Waals surface area contributed by atoms with Crippen LogP contribution in [0.5, 0.6) is 0 Å². The van der Waals surface area contributed by atoms with Crippen molar-refractivity contribution in [2.24, 2.45) is 5.73 Å². The average molecular weight is 740 g/mol. The number of hydrogen-bond donors (Lipinski definition) is 1. The minimum atomic E-state index is -1.77. The zero-order valence-electron chi connectivity index (χ0n) is 29.0. The minimum Gasteiger partial charge on any atom is -0.153 e. The van der Waals surface area contributed by atoms with Crippen molar-refractivity contribution in [2.45, 2.75) is 142 Å². The van der Waals surface area contributed by atoms with Crippen LogP contribution in [0.25, 0.3) is 11.1 Å². The predicted octanol–water partition coefficient (Wildman–Crippen LogP) is 11.1. The van der Waals surface area contributed by atoms with Gasteiger partial charge in [0, 0.05) is 0 Å². The predicted molar refractivity (Wildman–Crippen MR) is 201 cm³/mol. The summed E-state index contributed by atoms with van der Waals surface area (Å²) in [5, 5.41) is 0. The van der Waals surface area contributed by atoms with Crippen molar-refractivity contribution in [3.63, 3.8) is 0 Å². The molecule has 0 radical (unpaired) electrons. The number of benzene rings is 3. The second kappa shape index (κ2) is 16.9. The van der Waals surface area contributed by atoms with E-state index < -0.39 is 15.7 Å². The fraction of sp³-hybridized carbons (Fsp3) is 0.561. The Balaban J connectivity index is 0.00000461. The largest absolute Gasteiger partial charge is 0.153 e. The third-order valence-corrected chi connectivity index (χ3v) is 14.7. The van der Waals surface area contributed by atoms with Crippen LogP contribution in [0.4, 0.5) is 0 Å². The van der Waals surface area contributed by atoms with Gasteiger partial charge in [-0.05, 0) is 0 Å². The standard InChI is InChI=1S/C33H47.C8H10N.ClH.H3P.Pd/c1-22(2)27-20-30(23(3)4)33(31(21-27)24(5)6)29-19-13-18-28(25-14-9-7-10-15-25)32(29)26-16-11-8-12-17-26;9-7-6-8-4-2-1-3-5-8;;;/h13,18,20-26H,7-12,14-17H2,1-6H3;1-4H,6-7,9H2;1H;1H3;/q;;;;+1/p-1. The molecule has 1 unspecified atom stereocenters. The van der Waals surface area contributed by atoms with Crippen molar-refractivity contribution in [1.82, 2.24) is 0 Å². The molecule has 2 aliphatic rings. The average Bonchev–Trinajstić information content (AvgIpc) is 3.04. The monoisotopic (exact) mass is 738 g/mol. The molecule has 1 nitrogen and oxygen atoms in total. The topological polar surface area (TPSA) is 26.0 Å². The van der Waals surface area contributed by atoms with E-state index in [1.54, 1.807) is 16.7 Å². The summed E-state index contributed by atoms with van der Waals surface area (Å²) < 4.78 is 2.76. The molecule has 0 aromatic heterocycles. The van der Waals surface area contributed by atoms with Crippen molar-refractivity contribution >= 4 is 27.5 Å². The Morgan fingerprint density at radius 1 is 0.689 bits per heavy atom. The van der Waals surface area contributed by atoms with Crippen LogP contribution in [0.3, 0.4) is 0 Å². The second-order valence-electron chi connectivity index (χ2n) is 14.4. The summed E-state index contributed by atoms with van der Waals surface area (Å²) in [5.74, 6) is 2.66. The molecule has 0 aliphatic heterocycles. The first kappa shape index (κ1) is 36.8. The Bertz CT molecular complexity index is 1370. The second-order valence-corrected chi connectivity index (χ2v) is 18.5. The zero-order chi connectivity index (χ0) is 31.4. The van der Waals surface area contributed by atoms with E-state index >= 15 is 0 Å². The van der Waals surface area contributed by atoms with E-state index in [-0.39, 0.29) is 9.90 Å². The molecule has 3 aromatic rings. The summed E-state index contributed by atoms with van der Waals surface area (Å²) in [6.07, 6.45) is 14.3. The van der Waals surface area contributed by atoms with Gasteiger partial charge in [0.2, 0.25) is 0 Å². The van der Waals surface area contributed by atoms with Crippen LogP contribution in [0, 0.1) is 0 Å². The van der Waals surface area contributed by atoms with Crippen molar-refractivity contribution in [3.8, 4) is 11.1 Å². The zero-order valence-corrected chi connectivity index (χ0v) is 32.7. The molecule has 0 saturated heterocycles. The first-order valence-electron chi connectivity index (χ1n) is 17.6. The molecular formula is C41H60ClNPPd. The van der Waals surface area contributed by atoms with E-state index in [1.165, 1.54) is 100 Å². The van der Waals surface area contributed by atoms with Gasteiger partial charge in [-0.1, -0.05) is 0 Å². The van der Waals surface area contributed by atoms with Gasteiger partial charge in [0.1, 0.15) is 0 Å². The molecule has 0 bridgehead atoms. The Morgan fingerprint density at radius 3 is 1.78 bits per heavy atom. The summed E-state index contributed by atoms with van der Waals surface area (Å²) in [7, 11) is 7.90. The first-order chi connectivity index (χ1) is 21.2. The number of halogens is 1. The van der Waals surface area contributed by atoms with Gasteiger partial charge in [-0.25, -0.2) is 0 Å².